The topological polar surface area (TPSA) is 12.0 Å². The van der Waals surface area contributed by atoms with Gasteiger partial charge >= 0.3 is 0 Å². The van der Waals surface area contributed by atoms with Crippen molar-refractivity contribution in [2.75, 3.05) is 11.0 Å². The van der Waals surface area contributed by atoms with Crippen molar-refractivity contribution in [1.82, 2.24) is 5.31 Å². The number of nitrogens with one attached hydrogen (secondary N) is 1. The Kier molecular flexibility index (Phi) is 1.29. The zero-order valence-corrected chi connectivity index (χ0v) is 5.68. The zero-order valence-electron chi connectivity index (χ0n) is 4.52. The largest absolute Gasteiger partial charge is 0.313 e. The van der Waals surface area contributed by atoms with Crippen LogP contribution in [0.3, 0.4) is 0 Å². The highest BCUT2D eigenvalue weighted by molar-refractivity contribution is 14.1. The van der Waals surface area contributed by atoms with Gasteiger partial charge in [0.05, 0.1) is 0 Å². The Hall–Kier alpha value is 0.690. The Morgan fingerprint density at radius 2 is 3.00 bits per heavy atom. The van der Waals surface area contributed by atoms with Crippen molar-refractivity contribution in [2.24, 2.45) is 0 Å². The summed E-state index contributed by atoms with van der Waals surface area (Å²) in [5, 5.41) is 1.65. The van der Waals surface area contributed by atoms with E-state index in [0.29, 0.717) is 6.04 Å². The highest BCUT2D eigenvalue weighted by atomic mass is 127. The van der Waals surface area contributed by atoms with Crippen molar-refractivity contribution in [3.63, 3.8) is 0 Å². The van der Waals surface area contributed by atoms with E-state index < -0.39 is 0 Å². The first-order valence-electron chi connectivity index (χ1n) is 2.61. The van der Waals surface area contributed by atoms with Crippen molar-refractivity contribution < 1.29 is 1.41 Å². The maximum absolute atomic E-state index is 7.10. The standard InChI is InChI=1S/C4H8IN/c5-3-4-1-2-6-4/h4,6H,1-3H2/i/hD. The molecule has 0 spiro atoms. The molecule has 1 aliphatic rings. The molecule has 1 fully saturated rings. The molecule has 0 aromatic carbocycles. The third kappa shape index (κ3) is 0.846. The van der Waals surface area contributed by atoms with E-state index >= 15 is 0 Å². The normalized spacial score (nSPS) is 38.2. The molecular weight excluding hydrogens is 189 g/mol. The Balaban J connectivity index is 2.16. The van der Waals surface area contributed by atoms with Gasteiger partial charge in [0, 0.05) is 10.5 Å². The molecule has 1 saturated heterocycles. The van der Waals surface area contributed by atoms with Crippen LogP contribution in [0.4, 0.5) is 0 Å². The molecule has 0 bridgehead atoms. The summed E-state index contributed by atoms with van der Waals surface area (Å²) in [6, 6.07) is 0.570. The lowest BCUT2D eigenvalue weighted by molar-refractivity contribution is 0.410. The van der Waals surface area contributed by atoms with Gasteiger partial charge in [0.2, 0.25) is 0 Å². The molecule has 0 aliphatic carbocycles. The number of hydrogen-bond acceptors (Lipinski definition) is 1. The third-order valence-corrected chi connectivity index (χ3v) is 2.04. The van der Waals surface area contributed by atoms with Crippen molar-refractivity contribution in [1.29, 1.82) is 0 Å². The molecule has 0 aromatic rings. The Bertz CT molecular complexity index is 66.7. The fraction of sp³-hybridized carbons (Fsp3) is 1.00. The van der Waals surface area contributed by atoms with Crippen LogP contribution in [-0.2, 0) is 0 Å². The summed E-state index contributed by atoms with van der Waals surface area (Å²) in [6.07, 6.45) is 1.23. The Morgan fingerprint density at radius 1 is 2.17 bits per heavy atom. The van der Waals surface area contributed by atoms with E-state index in [4.69, 9.17) is 1.41 Å². The lowest BCUT2D eigenvalue weighted by atomic mass is 10.1. The summed E-state index contributed by atoms with van der Waals surface area (Å²) in [5.74, 6) is 0. The van der Waals surface area contributed by atoms with Gasteiger partial charge in [-0.25, -0.2) is 0 Å². The van der Waals surface area contributed by atoms with E-state index in [2.05, 4.69) is 22.6 Å². The quantitative estimate of drug-likeness (QED) is 0.485. The number of rotatable bonds is 1. The highest BCUT2D eigenvalue weighted by Gasteiger charge is 2.12. The van der Waals surface area contributed by atoms with Gasteiger partial charge < -0.3 is 5.31 Å². The van der Waals surface area contributed by atoms with E-state index in [1.165, 1.54) is 6.42 Å². The molecule has 0 aromatic heterocycles. The van der Waals surface area contributed by atoms with Crippen molar-refractivity contribution in [3.05, 3.63) is 0 Å². The monoisotopic (exact) mass is 198 g/mol. The van der Waals surface area contributed by atoms with Gasteiger partial charge in [-0.05, 0) is 13.0 Å². The first-order valence-corrected chi connectivity index (χ1v) is 3.68. The van der Waals surface area contributed by atoms with Crippen LogP contribution in [0.1, 0.15) is 6.42 Å². The van der Waals surface area contributed by atoms with Crippen molar-refractivity contribution in [3.8, 4) is 0 Å². The summed E-state index contributed by atoms with van der Waals surface area (Å²) in [5.41, 5.74) is 0. The minimum Gasteiger partial charge on any atom is -0.313 e. The van der Waals surface area contributed by atoms with Crippen molar-refractivity contribution >= 4 is 22.6 Å². The van der Waals surface area contributed by atoms with Crippen LogP contribution in [0.25, 0.3) is 0 Å². The second-order valence-corrected chi connectivity index (χ2v) is 2.38. The van der Waals surface area contributed by atoms with Crippen LogP contribution in [0.15, 0.2) is 0 Å². The second-order valence-electron chi connectivity index (χ2n) is 1.50. The lowest BCUT2D eigenvalue weighted by Crippen LogP contribution is -2.43. The molecule has 0 saturated carbocycles. The number of alkyl halides is 1. The molecule has 2 heteroatoms. The number of hydrogen-bond donors (Lipinski definition) is 1. The van der Waals surface area contributed by atoms with Gasteiger partial charge in [-0.3, -0.25) is 0 Å². The van der Waals surface area contributed by atoms with Gasteiger partial charge in [-0.2, -0.15) is 0 Å². The zero-order chi connectivity index (χ0) is 5.28. The molecule has 1 heterocycles. The first kappa shape index (κ1) is 3.66. The summed E-state index contributed by atoms with van der Waals surface area (Å²) < 4.78 is 8.21. The third-order valence-electron chi connectivity index (χ3n) is 1.03. The van der Waals surface area contributed by atoms with Gasteiger partial charge in [0.15, 0.2) is 0 Å². The number of halogens is 1. The Labute approximate surface area is 53.1 Å². The van der Waals surface area contributed by atoms with Crippen LogP contribution < -0.4 is 5.31 Å². The molecule has 1 nitrogen and oxygen atoms in total. The molecule has 1 unspecified atom stereocenters. The fourth-order valence-corrected chi connectivity index (χ4v) is 1.16. The molecular formula is C4H8IN. The van der Waals surface area contributed by atoms with Gasteiger partial charge in [-0.15, -0.1) is 0 Å². The summed E-state index contributed by atoms with van der Waals surface area (Å²) in [6.45, 7) is 0.980. The summed E-state index contributed by atoms with van der Waals surface area (Å²) in [7, 11) is 0. The van der Waals surface area contributed by atoms with E-state index in [9.17, 15) is 0 Å². The summed E-state index contributed by atoms with van der Waals surface area (Å²) in [4.78, 5) is 0. The van der Waals surface area contributed by atoms with E-state index in [-0.39, 0.29) is 0 Å². The van der Waals surface area contributed by atoms with E-state index in [1.807, 2.05) is 0 Å². The van der Waals surface area contributed by atoms with Crippen LogP contribution in [0, 0.1) is 0 Å². The minimum absolute atomic E-state index is 0.570. The van der Waals surface area contributed by atoms with E-state index in [0.717, 1.165) is 11.0 Å². The average molecular weight is 198 g/mol. The van der Waals surface area contributed by atoms with Crippen molar-refractivity contribution in [2.45, 2.75) is 12.5 Å². The van der Waals surface area contributed by atoms with E-state index in [1.54, 1.807) is 5.31 Å². The second kappa shape index (κ2) is 2.12. The predicted molar refractivity (Wildman–Crippen MR) is 35.3 cm³/mol. The van der Waals surface area contributed by atoms with Gasteiger partial charge in [-0.1, -0.05) is 22.6 Å². The molecule has 6 heavy (non-hydrogen) atoms. The average Bonchev–Trinajstić information content (AvgIpc) is 1.65. The minimum atomic E-state index is 0.570. The molecule has 1 aliphatic heterocycles. The van der Waals surface area contributed by atoms with Crippen LogP contribution in [-0.4, -0.2) is 17.0 Å². The molecule has 1 atom stereocenters. The maximum atomic E-state index is 7.10. The maximum Gasteiger partial charge on any atom is 0.123 e. The lowest BCUT2D eigenvalue weighted by Gasteiger charge is -2.24. The highest BCUT2D eigenvalue weighted by Crippen LogP contribution is 2.03. The van der Waals surface area contributed by atoms with Gasteiger partial charge in [0.25, 0.3) is 0 Å². The predicted octanol–water partition coefficient (Wildman–Crippen LogP) is 0.783. The first-order chi connectivity index (χ1) is 3.34. The Morgan fingerprint density at radius 3 is 3.00 bits per heavy atom. The summed E-state index contributed by atoms with van der Waals surface area (Å²) >= 11 is 2.32. The molecule has 36 valence electrons. The molecule has 1 N–H and O–H groups in total. The fourth-order valence-electron chi connectivity index (χ4n) is 0.438. The smallest absolute Gasteiger partial charge is 0.123 e. The molecule has 0 amide bonds. The molecule has 0 radical (unpaired) electrons. The van der Waals surface area contributed by atoms with Crippen LogP contribution >= 0.6 is 22.6 Å². The molecule has 1 rings (SSSR count). The van der Waals surface area contributed by atoms with Gasteiger partial charge in [0.1, 0.15) is 1.41 Å². The SMILES string of the molecule is [2H]N1CCC1CI. The van der Waals surface area contributed by atoms with Crippen LogP contribution in [0.2, 0.25) is 1.41 Å². The van der Waals surface area contributed by atoms with Crippen LogP contribution in [0.5, 0.6) is 0 Å².